The Balaban J connectivity index is 1.60. The van der Waals surface area contributed by atoms with Gasteiger partial charge >= 0.3 is 11.9 Å². The lowest BCUT2D eigenvalue weighted by Gasteiger charge is -2.20. The van der Waals surface area contributed by atoms with Crippen LogP contribution in [-0.4, -0.2) is 48.9 Å². The highest BCUT2D eigenvalue weighted by atomic mass is 32.2. The number of ether oxygens (including phenoxy) is 4. The molecule has 0 amide bonds. The average molecular weight is 593 g/mol. The lowest BCUT2D eigenvalue weighted by Crippen LogP contribution is -2.28. The van der Waals surface area contributed by atoms with Gasteiger partial charge in [0.15, 0.2) is 0 Å². The quantitative estimate of drug-likeness (QED) is 0.0913. The van der Waals surface area contributed by atoms with Crippen molar-refractivity contribution in [2.24, 2.45) is 0 Å². The van der Waals surface area contributed by atoms with Crippen molar-refractivity contribution in [2.75, 3.05) is 24.7 Å². The smallest absolute Gasteiger partial charge is 0.333 e. The van der Waals surface area contributed by atoms with E-state index in [2.05, 4.69) is 13.2 Å². The fraction of sp³-hybridized carbons (Fsp3) is 0.273. The summed E-state index contributed by atoms with van der Waals surface area (Å²) in [5.41, 5.74) is 0.751. The molecule has 0 spiro atoms. The minimum Gasteiger partial charge on any atom is -0.490 e. The van der Waals surface area contributed by atoms with Gasteiger partial charge in [-0.15, -0.1) is 23.5 Å². The van der Waals surface area contributed by atoms with Gasteiger partial charge in [0.1, 0.15) is 36.9 Å². The first kappa shape index (κ1) is 31.9. The normalized spacial score (nSPS) is 12.0. The zero-order valence-corrected chi connectivity index (χ0v) is 25.1. The second-order valence-electron chi connectivity index (χ2n) is 9.14. The molecular formula is C33H36O6S2. The maximum absolute atomic E-state index is 12.4. The van der Waals surface area contributed by atoms with Crippen LogP contribution in [0.3, 0.4) is 0 Å². The summed E-state index contributed by atoms with van der Waals surface area (Å²) in [5.74, 6) is 1.30. The summed E-state index contributed by atoms with van der Waals surface area (Å²) >= 11 is 3.17. The van der Waals surface area contributed by atoms with Gasteiger partial charge < -0.3 is 18.9 Å². The number of carbonyl (C=O) groups excluding carboxylic acids is 2. The van der Waals surface area contributed by atoms with E-state index in [1.165, 1.54) is 0 Å². The number of carbonyl (C=O) groups is 2. The van der Waals surface area contributed by atoms with Gasteiger partial charge in [0.2, 0.25) is 0 Å². The van der Waals surface area contributed by atoms with Gasteiger partial charge in [0.25, 0.3) is 0 Å². The summed E-state index contributed by atoms with van der Waals surface area (Å²) in [6, 6.07) is 27.0. The van der Waals surface area contributed by atoms with Gasteiger partial charge in [-0.25, -0.2) is 9.59 Å². The van der Waals surface area contributed by atoms with Crippen molar-refractivity contribution in [2.45, 2.75) is 42.3 Å². The third-order valence-corrected chi connectivity index (χ3v) is 7.93. The third-order valence-electron chi connectivity index (χ3n) is 5.65. The molecule has 6 nitrogen and oxygen atoms in total. The van der Waals surface area contributed by atoms with Gasteiger partial charge in [-0.3, -0.25) is 0 Å². The maximum atomic E-state index is 12.4. The predicted molar refractivity (Wildman–Crippen MR) is 166 cm³/mol. The number of thioether (sulfide) groups is 2. The van der Waals surface area contributed by atoms with Crippen LogP contribution in [0.1, 0.15) is 20.3 Å². The SMILES string of the molecule is C=C(C)C(=O)OC(COc1cccc(OCC(CSc2ccccc2)OC(=O)C(=C)CC)c1)CSc1ccccc1. The van der Waals surface area contributed by atoms with E-state index in [-0.39, 0.29) is 13.2 Å². The van der Waals surface area contributed by atoms with Gasteiger partial charge in [-0.1, -0.05) is 62.5 Å². The van der Waals surface area contributed by atoms with Crippen LogP contribution in [-0.2, 0) is 19.1 Å². The molecule has 0 aliphatic heterocycles. The lowest BCUT2D eigenvalue weighted by atomic mass is 10.2. The van der Waals surface area contributed by atoms with Crippen molar-refractivity contribution in [1.29, 1.82) is 0 Å². The van der Waals surface area contributed by atoms with Gasteiger partial charge in [0.05, 0.1) is 0 Å². The Hall–Kier alpha value is -3.62. The molecule has 0 heterocycles. The maximum Gasteiger partial charge on any atom is 0.333 e. The van der Waals surface area contributed by atoms with E-state index in [1.807, 2.05) is 85.8 Å². The fourth-order valence-corrected chi connectivity index (χ4v) is 5.09. The van der Waals surface area contributed by atoms with E-state index < -0.39 is 24.1 Å². The molecule has 0 radical (unpaired) electrons. The molecule has 0 aliphatic carbocycles. The standard InChI is InChI=1S/C33H36O6S2/c1-5-25(4)33(35)39-29(23-41-31-17-10-7-11-18-31)21-37-27-14-12-13-26(19-27)36-20-28(38-32(34)24(2)3)22-40-30-15-8-6-9-16-30/h6-19,28-29H,2,4-5,20-23H2,1,3H3. The second-order valence-corrected chi connectivity index (χ2v) is 11.3. The molecule has 0 aromatic heterocycles. The first-order valence-electron chi connectivity index (χ1n) is 13.3. The molecule has 0 N–H and O–H groups in total. The average Bonchev–Trinajstić information content (AvgIpc) is 3.00. The molecule has 0 aliphatic rings. The van der Waals surface area contributed by atoms with Crippen molar-refractivity contribution >= 4 is 35.5 Å². The van der Waals surface area contributed by atoms with E-state index in [0.29, 0.717) is 40.6 Å². The van der Waals surface area contributed by atoms with E-state index in [0.717, 1.165) is 9.79 Å². The molecule has 41 heavy (non-hydrogen) atoms. The zero-order valence-electron chi connectivity index (χ0n) is 23.5. The number of hydrogen-bond donors (Lipinski definition) is 0. The van der Waals surface area contributed by atoms with Crippen molar-refractivity contribution < 1.29 is 28.5 Å². The van der Waals surface area contributed by atoms with Crippen LogP contribution in [0.15, 0.2) is 119 Å². The minimum atomic E-state index is -0.487. The Labute approximate surface area is 251 Å². The summed E-state index contributed by atoms with van der Waals surface area (Å²) in [6.07, 6.45) is -0.453. The molecule has 216 valence electrons. The molecule has 3 aromatic carbocycles. The second kappa shape index (κ2) is 17.3. The van der Waals surface area contributed by atoms with E-state index in [4.69, 9.17) is 18.9 Å². The summed E-state index contributed by atoms with van der Waals surface area (Å²) < 4.78 is 23.3. The third kappa shape index (κ3) is 11.8. The first-order valence-corrected chi connectivity index (χ1v) is 15.3. The van der Waals surface area contributed by atoms with E-state index in [1.54, 1.807) is 36.5 Å². The summed E-state index contributed by atoms with van der Waals surface area (Å²) in [4.78, 5) is 26.8. The van der Waals surface area contributed by atoms with Crippen molar-refractivity contribution in [3.05, 3.63) is 109 Å². The Bertz CT molecular complexity index is 1280. The molecule has 8 heteroatoms. The zero-order chi connectivity index (χ0) is 29.5. The van der Waals surface area contributed by atoms with Crippen LogP contribution in [0.25, 0.3) is 0 Å². The Morgan fingerprint density at radius 3 is 1.61 bits per heavy atom. The topological polar surface area (TPSA) is 71.1 Å². The molecule has 0 fully saturated rings. The van der Waals surface area contributed by atoms with Crippen LogP contribution < -0.4 is 9.47 Å². The predicted octanol–water partition coefficient (Wildman–Crippen LogP) is 7.39. The van der Waals surface area contributed by atoms with Gasteiger partial charge in [0, 0.05) is 38.5 Å². The number of benzene rings is 3. The highest BCUT2D eigenvalue weighted by Crippen LogP contribution is 2.24. The van der Waals surface area contributed by atoms with Gasteiger partial charge in [-0.2, -0.15) is 0 Å². The molecule has 0 bridgehead atoms. The van der Waals surface area contributed by atoms with Crippen LogP contribution in [0.4, 0.5) is 0 Å². The minimum absolute atomic E-state index is 0.162. The molecule has 3 rings (SSSR count). The van der Waals surface area contributed by atoms with Gasteiger partial charge in [-0.05, 0) is 49.7 Å². The highest BCUT2D eigenvalue weighted by molar-refractivity contribution is 7.99. The largest absolute Gasteiger partial charge is 0.490 e. The van der Waals surface area contributed by atoms with Crippen molar-refractivity contribution in [3.8, 4) is 11.5 Å². The molecule has 0 saturated carbocycles. The molecule has 2 unspecified atom stereocenters. The molecule has 0 saturated heterocycles. The number of hydrogen-bond acceptors (Lipinski definition) is 8. The fourth-order valence-electron chi connectivity index (χ4n) is 3.31. The van der Waals surface area contributed by atoms with E-state index >= 15 is 0 Å². The van der Waals surface area contributed by atoms with Crippen molar-refractivity contribution in [1.82, 2.24) is 0 Å². The Morgan fingerprint density at radius 2 is 1.17 bits per heavy atom. The van der Waals surface area contributed by atoms with Crippen LogP contribution in [0.5, 0.6) is 11.5 Å². The Kier molecular flexibility index (Phi) is 13.4. The summed E-state index contributed by atoms with van der Waals surface area (Å²) in [6.45, 7) is 11.3. The number of esters is 2. The first-order chi connectivity index (χ1) is 19.8. The molecule has 3 aromatic rings. The van der Waals surface area contributed by atoms with Crippen LogP contribution in [0, 0.1) is 0 Å². The van der Waals surface area contributed by atoms with Crippen molar-refractivity contribution in [3.63, 3.8) is 0 Å². The van der Waals surface area contributed by atoms with Crippen LogP contribution >= 0.6 is 23.5 Å². The summed E-state index contributed by atoms with van der Waals surface area (Å²) in [7, 11) is 0. The van der Waals surface area contributed by atoms with E-state index in [9.17, 15) is 9.59 Å². The lowest BCUT2D eigenvalue weighted by molar-refractivity contribution is -0.145. The monoisotopic (exact) mass is 592 g/mol. The highest BCUT2D eigenvalue weighted by Gasteiger charge is 2.19. The molecule has 2 atom stereocenters. The Morgan fingerprint density at radius 1 is 0.707 bits per heavy atom. The molecular weight excluding hydrogens is 556 g/mol. The number of rotatable bonds is 17. The summed E-state index contributed by atoms with van der Waals surface area (Å²) in [5, 5.41) is 0. The van der Waals surface area contributed by atoms with Crippen LogP contribution in [0.2, 0.25) is 0 Å².